The van der Waals surface area contributed by atoms with Gasteiger partial charge in [0.2, 0.25) is 0 Å². The van der Waals surface area contributed by atoms with Crippen LogP contribution >= 0.6 is 0 Å². The van der Waals surface area contributed by atoms with Gasteiger partial charge in [-0.15, -0.1) is 0 Å². The topological polar surface area (TPSA) is 37.3 Å². The van der Waals surface area contributed by atoms with Crippen molar-refractivity contribution in [3.63, 3.8) is 0 Å². The number of carbonyl (C=O) groups is 1. The highest BCUT2D eigenvalue weighted by molar-refractivity contribution is 5.73. The third-order valence-corrected chi connectivity index (χ3v) is 4.59. The summed E-state index contributed by atoms with van der Waals surface area (Å²) in [5.41, 5.74) is 2.34. The van der Waals surface area contributed by atoms with E-state index in [1.54, 1.807) is 0 Å². The van der Waals surface area contributed by atoms with Gasteiger partial charge in [-0.3, -0.25) is 4.79 Å². The van der Waals surface area contributed by atoms with E-state index < -0.39 is 0 Å². The second-order valence-electron chi connectivity index (χ2n) is 5.78. The van der Waals surface area contributed by atoms with Crippen molar-refractivity contribution in [2.75, 3.05) is 6.61 Å². The van der Waals surface area contributed by atoms with Crippen molar-refractivity contribution in [1.82, 2.24) is 0 Å². The first kappa shape index (κ1) is 12.6. The lowest BCUT2D eigenvalue weighted by Crippen LogP contribution is -2.05. The van der Waals surface area contributed by atoms with Crippen LogP contribution in [0, 0.1) is 17.3 Å². The van der Waals surface area contributed by atoms with Crippen LogP contribution in [0.2, 0.25) is 0 Å². The minimum absolute atomic E-state index is 0.0128. The number of rotatable bonds is 2. The number of aldehydes is 1. The van der Waals surface area contributed by atoms with Crippen LogP contribution in [0.4, 0.5) is 0 Å². The number of allylic oxidation sites excluding steroid dienone is 4. The van der Waals surface area contributed by atoms with E-state index in [-0.39, 0.29) is 12.0 Å². The molecule has 0 unspecified atom stereocenters. The lowest BCUT2D eigenvalue weighted by Gasteiger charge is -2.06. The summed E-state index contributed by atoms with van der Waals surface area (Å²) in [6, 6.07) is 0. The van der Waals surface area contributed by atoms with Crippen molar-refractivity contribution in [3.05, 3.63) is 23.3 Å². The maximum atomic E-state index is 11.0. The Balaban J connectivity index is 2.20. The van der Waals surface area contributed by atoms with Gasteiger partial charge in [0, 0.05) is 12.0 Å². The van der Waals surface area contributed by atoms with E-state index in [0.717, 1.165) is 37.5 Å². The first-order valence-electron chi connectivity index (χ1n) is 6.54. The van der Waals surface area contributed by atoms with Crippen molar-refractivity contribution in [2.24, 2.45) is 17.3 Å². The van der Waals surface area contributed by atoms with Gasteiger partial charge >= 0.3 is 0 Å². The highest BCUT2D eigenvalue weighted by Crippen LogP contribution is 2.61. The molecule has 0 aliphatic heterocycles. The second kappa shape index (κ2) is 4.77. The molecule has 0 aromatic heterocycles. The van der Waals surface area contributed by atoms with E-state index in [0.29, 0.717) is 11.8 Å². The summed E-state index contributed by atoms with van der Waals surface area (Å²) in [7, 11) is 0. The molecule has 2 aliphatic carbocycles. The molecule has 94 valence electrons. The van der Waals surface area contributed by atoms with Crippen LogP contribution in [0.15, 0.2) is 23.3 Å². The van der Waals surface area contributed by atoms with Gasteiger partial charge in [0.15, 0.2) is 0 Å². The molecule has 0 spiro atoms. The molecule has 0 radical (unpaired) electrons. The zero-order chi connectivity index (χ0) is 12.5. The average molecular weight is 234 g/mol. The average Bonchev–Trinajstić information content (AvgIpc) is 2.90. The van der Waals surface area contributed by atoms with Crippen LogP contribution in [0.25, 0.3) is 0 Å². The van der Waals surface area contributed by atoms with E-state index in [1.165, 1.54) is 5.57 Å². The molecule has 1 N–H and O–H groups in total. The molecule has 17 heavy (non-hydrogen) atoms. The largest absolute Gasteiger partial charge is 0.396 e. The minimum atomic E-state index is 0.0128. The molecule has 1 saturated carbocycles. The first-order valence-corrected chi connectivity index (χ1v) is 6.54. The molecule has 0 amide bonds. The zero-order valence-electron chi connectivity index (χ0n) is 10.8. The maximum Gasteiger partial charge on any atom is 0.145 e. The second-order valence-corrected chi connectivity index (χ2v) is 5.78. The molecular weight excluding hydrogens is 212 g/mol. The number of aliphatic hydroxyl groups is 1. The van der Waals surface area contributed by atoms with E-state index in [2.05, 4.69) is 26.0 Å². The van der Waals surface area contributed by atoms with Gasteiger partial charge in [0.05, 0.1) is 0 Å². The van der Waals surface area contributed by atoms with Crippen LogP contribution < -0.4 is 0 Å². The van der Waals surface area contributed by atoms with Gasteiger partial charge in [0.1, 0.15) is 6.29 Å². The fourth-order valence-corrected chi connectivity index (χ4v) is 3.12. The number of hydrogen-bond acceptors (Lipinski definition) is 2. The van der Waals surface area contributed by atoms with Gasteiger partial charge < -0.3 is 5.11 Å². The third kappa shape index (κ3) is 2.37. The summed E-state index contributed by atoms with van der Waals surface area (Å²) in [6.07, 6.45) is 9.40. The Morgan fingerprint density at radius 1 is 1.53 bits per heavy atom. The van der Waals surface area contributed by atoms with Gasteiger partial charge in [0.25, 0.3) is 0 Å². The van der Waals surface area contributed by atoms with Crippen molar-refractivity contribution in [2.45, 2.75) is 39.5 Å². The lowest BCUT2D eigenvalue weighted by atomic mass is 10.0. The highest BCUT2D eigenvalue weighted by atomic mass is 16.3. The minimum Gasteiger partial charge on any atom is -0.396 e. The normalized spacial score (nSPS) is 43.7. The Kier molecular flexibility index (Phi) is 3.53. The van der Waals surface area contributed by atoms with Crippen molar-refractivity contribution in [1.29, 1.82) is 0 Å². The van der Waals surface area contributed by atoms with Crippen LogP contribution in [0.5, 0.6) is 0 Å². The molecule has 2 nitrogen and oxygen atoms in total. The zero-order valence-corrected chi connectivity index (χ0v) is 10.8. The Morgan fingerprint density at radius 3 is 2.94 bits per heavy atom. The molecule has 1 fully saturated rings. The first-order chi connectivity index (χ1) is 8.11. The standard InChI is InChI=1S/C15H22O2/c1-11-4-3-5-12(9-16)8-14-13(7-6-11)15(14,2)10-17/h4,8-9,13-14,17H,3,5-7,10H2,1-2H3/b11-4-,12-8-/t13-,14+,15+/m1/s1. The molecular formula is C15H22O2. The summed E-state index contributed by atoms with van der Waals surface area (Å²) in [5.74, 6) is 0.947. The quantitative estimate of drug-likeness (QED) is 0.589. The van der Waals surface area contributed by atoms with Crippen LogP contribution in [-0.4, -0.2) is 18.0 Å². The highest BCUT2D eigenvalue weighted by Gasteiger charge is 2.58. The lowest BCUT2D eigenvalue weighted by molar-refractivity contribution is -0.105. The predicted octanol–water partition coefficient (Wildman–Crippen LogP) is 2.88. The fraction of sp³-hybridized carbons (Fsp3) is 0.667. The van der Waals surface area contributed by atoms with Crippen molar-refractivity contribution in [3.8, 4) is 0 Å². The summed E-state index contributed by atoms with van der Waals surface area (Å²) < 4.78 is 0. The molecule has 2 rings (SSSR count). The summed E-state index contributed by atoms with van der Waals surface area (Å²) >= 11 is 0. The van der Waals surface area contributed by atoms with Gasteiger partial charge in [-0.05, 0) is 50.0 Å². The Labute approximate surface area is 103 Å². The SMILES string of the molecule is C/C1=C/CC/C(C=O)=C/[C@H]2[C@@H](CC1)[C@]2(C)CO. The summed E-state index contributed by atoms with van der Waals surface area (Å²) in [5, 5.41) is 9.51. The van der Waals surface area contributed by atoms with Crippen molar-refractivity contribution < 1.29 is 9.90 Å². The monoisotopic (exact) mass is 234 g/mol. The van der Waals surface area contributed by atoms with E-state index in [4.69, 9.17) is 0 Å². The fourth-order valence-electron chi connectivity index (χ4n) is 3.12. The van der Waals surface area contributed by atoms with E-state index >= 15 is 0 Å². The van der Waals surface area contributed by atoms with Gasteiger partial charge in [-0.2, -0.15) is 0 Å². The number of carbonyl (C=O) groups excluding carboxylic acids is 1. The Bertz CT molecular complexity index is 367. The van der Waals surface area contributed by atoms with Crippen LogP contribution in [-0.2, 0) is 4.79 Å². The van der Waals surface area contributed by atoms with Crippen LogP contribution in [0.3, 0.4) is 0 Å². The number of hydrogen-bond donors (Lipinski definition) is 1. The van der Waals surface area contributed by atoms with Crippen molar-refractivity contribution >= 4 is 6.29 Å². The van der Waals surface area contributed by atoms with E-state index in [9.17, 15) is 9.90 Å². The van der Waals surface area contributed by atoms with E-state index in [1.807, 2.05) is 0 Å². The summed E-state index contributed by atoms with van der Waals surface area (Å²) in [4.78, 5) is 11.0. The molecule has 0 aromatic carbocycles. The third-order valence-electron chi connectivity index (χ3n) is 4.59. The van der Waals surface area contributed by atoms with Gasteiger partial charge in [-0.25, -0.2) is 0 Å². The van der Waals surface area contributed by atoms with Crippen LogP contribution in [0.1, 0.15) is 39.5 Å². The number of aliphatic hydroxyl groups excluding tert-OH is 1. The molecule has 0 saturated heterocycles. The molecule has 2 aliphatic rings. The smallest absolute Gasteiger partial charge is 0.145 e. The Morgan fingerprint density at radius 2 is 2.29 bits per heavy atom. The Hall–Kier alpha value is -0.890. The molecule has 0 heterocycles. The van der Waals surface area contributed by atoms with Gasteiger partial charge in [-0.1, -0.05) is 24.6 Å². The molecule has 2 heteroatoms. The summed E-state index contributed by atoms with van der Waals surface area (Å²) in [6.45, 7) is 4.53. The molecule has 0 bridgehead atoms. The number of fused-ring (bicyclic) bond motifs is 1. The molecule has 0 aromatic rings. The predicted molar refractivity (Wildman–Crippen MR) is 68.5 cm³/mol. The maximum absolute atomic E-state index is 11.0. The molecule has 3 atom stereocenters.